The standard InChI is InChI=1S/C17H16F3N7O2S/c18-17(19,20)12-4-3-10(8-1-2-11-9(7-8)5-6-23-15(11)21)13(14(12)30(22,28)29)16-24-26-27-25-16/h1-7,16,24-27H,(H2,21,23)(H2,22,28,29). The lowest BCUT2D eigenvalue weighted by Crippen LogP contribution is -2.33. The van der Waals surface area contributed by atoms with Crippen LogP contribution in [0.5, 0.6) is 0 Å². The lowest BCUT2D eigenvalue weighted by molar-refractivity contribution is -0.140. The average Bonchev–Trinajstić information content (AvgIpc) is 3.20. The molecular formula is C17H16F3N7O2S. The first kappa shape index (κ1) is 20.5. The van der Waals surface area contributed by atoms with E-state index in [2.05, 4.69) is 26.9 Å². The van der Waals surface area contributed by atoms with Crippen molar-refractivity contribution in [3.8, 4) is 11.1 Å². The molecule has 0 saturated carbocycles. The lowest BCUT2D eigenvalue weighted by atomic mass is 9.94. The van der Waals surface area contributed by atoms with Crippen molar-refractivity contribution in [3.05, 3.63) is 53.7 Å². The predicted molar refractivity (Wildman–Crippen MR) is 103 cm³/mol. The van der Waals surface area contributed by atoms with Crippen LogP contribution in [0.3, 0.4) is 0 Å². The number of halogens is 3. The van der Waals surface area contributed by atoms with E-state index in [1.54, 1.807) is 24.3 Å². The van der Waals surface area contributed by atoms with Crippen LogP contribution in [0.2, 0.25) is 0 Å². The number of aromatic nitrogens is 1. The van der Waals surface area contributed by atoms with Crippen LogP contribution < -0.4 is 32.8 Å². The molecule has 8 N–H and O–H groups in total. The van der Waals surface area contributed by atoms with Crippen LogP contribution in [-0.2, 0) is 16.2 Å². The summed E-state index contributed by atoms with van der Waals surface area (Å²) in [6.07, 6.45) is -4.47. The molecule has 9 nitrogen and oxygen atoms in total. The van der Waals surface area contributed by atoms with Crippen molar-refractivity contribution in [2.24, 2.45) is 5.14 Å². The van der Waals surface area contributed by atoms with Gasteiger partial charge in [-0.25, -0.2) is 29.4 Å². The van der Waals surface area contributed by atoms with Gasteiger partial charge in [-0.3, -0.25) is 0 Å². The van der Waals surface area contributed by atoms with E-state index in [1.165, 1.54) is 12.3 Å². The van der Waals surface area contributed by atoms with Crippen LogP contribution >= 0.6 is 0 Å². The third kappa shape index (κ3) is 3.58. The number of anilines is 1. The van der Waals surface area contributed by atoms with E-state index in [4.69, 9.17) is 10.9 Å². The molecule has 30 heavy (non-hydrogen) atoms. The Bertz CT molecular complexity index is 1240. The number of hydrogen-bond acceptors (Lipinski definition) is 8. The molecule has 1 aliphatic heterocycles. The van der Waals surface area contributed by atoms with E-state index in [9.17, 15) is 21.6 Å². The Balaban J connectivity index is 2.05. The maximum Gasteiger partial charge on any atom is 0.417 e. The molecule has 2 heterocycles. The molecule has 1 aliphatic rings. The third-order valence-corrected chi connectivity index (χ3v) is 5.69. The third-order valence-electron chi connectivity index (χ3n) is 4.68. The highest BCUT2D eigenvalue weighted by molar-refractivity contribution is 7.89. The first-order valence-corrected chi connectivity index (χ1v) is 10.0. The SMILES string of the molecule is Nc1nccc2cc(-c3ccc(C(F)(F)F)c(S(N)(=O)=O)c3C3NNNN3)ccc12. The van der Waals surface area contributed by atoms with E-state index in [1.807, 2.05) is 0 Å². The minimum atomic E-state index is -4.93. The Labute approximate surface area is 168 Å². The summed E-state index contributed by atoms with van der Waals surface area (Å²) in [5.41, 5.74) is 15.2. The highest BCUT2D eigenvalue weighted by Crippen LogP contribution is 2.41. The first-order chi connectivity index (χ1) is 14.1. The number of benzene rings is 2. The second kappa shape index (κ2) is 7.16. The largest absolute Gasteiger partial charge is 0.417 e. The quantitative estimate of drug-likeness (QED) is 0.358. The Morgan fingerprint density at radius 3 is 2.37 bits per heavy atom. The molecule has 2 aromatic carbocycles. The van der Waals surface area contributed by atoms with E-state index in [0.29, 0.717) is 28.2 Å². The number of hydrazine groups is 3. The Morgan fingerprint density at radius 1 is 1.03 bits per heavy atom. The van der Waals surface area contributed by atoms with E-state index in [0.717, 1.165) is 0 Å². The van der Waals surface area contributed by atoms with Crippen molar-refractivity contribution in [3.63, 3.8) is 0 Å². The first-order valence-electron chi connectivity index (χ1n) is 8.50. The van der Waals surface area contributed by atoms with Crippen LogP contribution in [-0.4, -0.2) is 13.4 Å². The number of nitrogen functional groups attached to an aromatic ring is 1. The van der Waals surface area contributed by atoms with E-state index in [-0.39, 0.29) is 11.1 Å². The van der Waals surface area contributed by atoms with Gasteiger partial charge in [0.05, 0.1) is 5.56 Å². The van der Waals surface area contributed by atoms with Gasteiger partial charge < -0.3 is 5.73 Å². The van der Waals surface area contributed by atoms with Crippen LogP contribution in [0.1, 0.15) is 17.3 Å². The van der Waals surface area contributed by atoms with Crippen LogP contribution in [0.15, 0.2) is 47.5 Å². The molecule has 158 valence electrons. The molecule has 4 rings (SSSR count). The van der Waals surface area contributed by atoms with Crippen LogP contribution in [0, 0.1) is 0 Å². The van der Waals surface area contributed by atoms with Gasteiger partial charge in [-0.05, 0) is 34.7 Å². The molecular weight excluding hydrogens is 423 g/mol. The normalized spacial score (nSPS) is 15.7. The number of nitrogens with zero attached hydrogens (tertiary/aromatic N) is 1. The maximum atomic E-state index is 13.6. The second-order valence-corrected chi connectivity index (χ2v) is 8.05. The summed E-state index contributed by atoms with van der Waals surface area (Å²) in [5.74, 6) is 0.296. The summed E-state index contributed by atoms with van der Waals surface area (Å²) in [6.45, 7) is 0. The molecule has 0 atom stereocenters. The zero-order valence-corrected chi connectivity index (χ0v) is 15.9. The Morgan fingerprint density at radius 2 is 1.73 bits per heavy atom. The van der Waals surface area contributed by atoms with Crippen molar-refractivity contribution < 1.29 is 21.6 Å². The fourth-order valence-electron chi connectivity index (χ4n) is 3.43. The maximum absolute atomic E-state index is 13.6. The van der Waals surface area contributed by atoms with E-state index < -0.39 is 32.8 Å². The highest BCUT2D eigenvalue weighted by Gasteiger charge is 2.40. The molecule has 0 unspecified atom stereocenters. The summed E-state index contributed by atoms with van der Waals surface area (Å²) < 4.78 is 65.4. The number of fused-ring (bicyclic) bond motifs is 1. The number of pyridine rings is 1. The summed E-state index contributed by atoms with van der Waals surface area (Å²) >= 11 is 0. The number of alkyl halides is 3. The summed E-state index contributed by atoms with van der Waals surface area (Å²) in [5, 5.41) is 6.57. The molecule has 3 aromatic rings. The summed E-state index contributed by atoms with van der Waals surface area (Å²) in [6, 6.07) is 8.57. The van der Waals surface area contributed by atoms with Gasteiger partial charge in [0.15, 0.2) is 0 Å². The molecule has 0 spiro atoms. The van der Waals surface area contributed by atoms with Gasteiger partial charge in [-0.15, -0.1) is 0 Å². The van der Waals surface area contributed by atoms with Crippen molar-refractivity contribution >= 4 is 26.6 Å². The number of nitrogens with two attached hydrogens (primary N) is 2. The van der Waals surface area contributed by atoms with Crippen molar-refractivity contribution in [2.75, 3.05) is 5.73 Å². The topological polar surface area (TPSA) is 147 Å². The molecule has 0 amide bonds. The van der Waals surface area contributed by atoms with Gasteiger partial charge >= 0.3 is 6.18 Å². The molecule has 13 heteroatoms. The molecule has 1 aromatic heterocycles. The van der Waals surface area contributed by atoms with Crippen molar-refractivity contribution in [2.45, 2.75) is 17.2 Å². The number of hydrogen-bond donors (Lipinski definition) is 6. The van der Waals surface area contributed by atoms with Gasteiger partial charge in [0.25, 0.3) is 0 Å². The van der Waals surface area contributed by atoms with E-state index >= 15 is 0 Å². The minimum absolute atomic E-state index is 0.189. The number of primary sulfonamides is 1. The van der Waals surface area contributed by atoms with Gasteiger partial charge in [0.2, 0.25) is 10.0 Å². The number of sulfonamides is 1. The van der Waals surface area contributed by atoms with Crippen molar-refractivity contribution in [1.82, 2.24) is 26.9 Å². The molecule has 0 radical (unpaired) electrons. The summed E-state index contributed by atoms with van der Waals surface area (Å²) in [7, 11) is -4.75. The lowest BCUT2D eigenvalue weighted by Gasteiger charge is -2.22. The second-order valence-electron chi connectivity index (χ2n) is 6.55. The monoisotopic (exact) mass is 439 g/mol. The summed E-state index contributed by atoms with van der Waals surface area (Å²) in [4.78, 5) is 2.98. The predicted octanol–water partition coefficient (Wildman–Crippen LogP) is 1.27. The zero-order chi connectivity index (χ0) is 21.7. The fraction of sp³-hybridized carbons (Fsp3) is 0.118. The molecule has 1 saturated heterocycles. The fourth-order valence-corrected chi connectivity index (χ4v) is 4.46. The molecule has 1 fully saturated rings. The minimum Gasteiger partial charge on any atom is -0.383 e. The average molecular weight is 439 g/mol. The number of nitrogens with one attached hydrogen (secondary N) is 4. The van der Waals surface area contributed by atoms with Gasteiger partial charge in [-0.2, -0.15) is 24.2 Å². The number of rotatable bonds is 3. The molecule has 0 aliphatic carbocycles. The van der Waals surface area contributed by atoms with Gasteiger partial charge in [0, 0.05) is 17.1 Å². The van der Waals surface area contributed by atoms with Crippen LogP contribution in [0.4, 0.5) is 19.0 Å². The van der Waals surface area contributed by atoms with Gasteiger partial charge in [0.1, 0.15) is 16.9 Å². The molecule has 0 bridgehead atoms. The zero-order valence-electron chi connectivity index (χ0n) is 15.1. The smallest absolute Gasteiger partial charge is 0.383 e. The Hall–Kier alpha value is -2.81. The van der Waals surface area contributed by atoms with Gasteiger partial charge in [-0.1, -0.05) is 18.2 Å². The van der Waals surface area contributed by atoms with Crippen molar-refractivity contribution in [1.29, 1.82) is 0 Å². The Kier molecular flexibility index (Phi) is 4.88. The van der Waals surface area contributed by atoms with Crippen LogP contribution in [0.25, 0.3) is 21.9 Å². The highest BCUT2D eigenvalue weighted by atomic mass is 32.2.